The molecule has 0 atom stereocenters. The summed E-state index contributed by atoms with van der Waals surface area (Å²) in [6, 6.07) is 2.07. The van der Waals surface area contributed by atoms with Crippen molar-refractivity contribution in [2.24, 2.45) is 0 Å². The minimum Gasteiger partial charge on any atom is -0.396 e. The van der Waals surface area contributed by atoms with E-state index in [2.05, 4.69) is 30.6 Å². The molecule has 0 aliphatic carbocycles. The molecule has 0 fully saturated rings. The van der Waals surface area contributed by atoms with E-state index in [-0.39, 0.29) is 21.6 Å². The molecule has 19 heavy (non-hydrogen) atoms. The normalized spacial score (nSPS) is 11.7. The third-order valence-corrected chi connectivity index (χ3v) is 4.68. The summed E-state index contributed by atoms with van der Waals surface area (Å²) in [5.74, 6) is -0.216. The lowest BCUT2D eigenvalue weighted by Crippen LogP contribution is -2.24. The Labute approximate surface area is 117 Å². The zero-order chi connectivity index (χ0) is 14.0. The lowest BCUT2D eigenvalue weighted by Gasteiger charge is -2.09. The summed E-state index contributed by atoms with van der Waals surface area (Å²) in [5, 5.41) is 0. The number of hydrogen-bond donors (Lipinski definition) is 3. The second-order valence-electron chi connectivity index (χ2n) is 3.66. The van der Waals surface area contributed by atoms with Crippen LogP contribution in [0.3, 0.4) is 0 Å². The number of benzene rings is 1. The van der Waals surface area contributed by atoms with Gasteiger partial charge in [0.2, 0.25) is 10.0 Å². The van der Waals surface area contributed by atoms with Crippen molar-refractivity contribution < 1.29 is 12.8 Å². The molecule has 0 bridgehead atoms. The van der Waals surface area contributed by atoms with Gasteiger partial charge in [-0.2, -0.15) is 0 Å². The third-order valence-electron chi connectivity index (χ3n) is 2.33. The monoisotopic (exact) mass is 348 g/mol. The van der Waals surface area contributed by atoms with Crippen molar-refractivity contribution in [1.82, 2.24) is 14.7 Å². The summed E-state index contributed by atoms with van der Waals surface area (Å²) < 4.78 is 39.7. The van der Waals surface area contributed by atoms with Crippen LogP contribution < -0.4 is 10.5 Å². The van der Waals surface area contributed by atoms with Crippen molar-refractivity contribution in [2.75, 3.05) is 5.73 Å². The quantitative estimate of drug-likeness (QED) is 0.726. The summed E-state index contributed by atoms with van der Waals surface area (Å²) in [6.45, 7) is -0.000938. The number of hydrogen-bond acceptors (Lipinski definition) is 4. The van der Waals surface area contributed by atoms with Crippen LogP contribution in [0.15, 0.2) is 33.9 Å². The first kappa shape index (κ1) is 14.0. The molecular weight excluding hydrogens is 339 g/mol. The Bertz CT molecular complexity index is 688. The SMILES string of the molecule is Nc1cc(S(=O)(=O)NCc2ncc[nH]2)c(Br)cc1F. The molecule has 102 valence electrons. The Hall–Kier alpha value is -1.45. The third kappa shape index (κ3) is 3.11. The molecule has 0 aliphatic rings. The number of halogens is 2. The zero-order valence-corrected chi connectivity index (χ0v) is 11.9. The minimum absolute atomic E-state index is 0.000938. The number of rotatable bonds is 4. The van der Waals surface area contributed by atoms with Gasteiger partial charge in [-0.05, 0) is 28.1 Å². The predicted molar refractivity (Wildman–Crippen MR) is 71.1 cm³/mol. The van der Waals surface area contributed by atoms with Crippen LogP contribution in [0, 0.1) is 5.82 Å². The fourth-order valence-corrected chi connectivity index (χ4v) is 3.42. The Morgan fingerprint density at radius 3 is 2.84 bits per heavy atom. The van der Waals surface area contributed by atoms with Crippen molar-refractivity contribution in [3.63, 3.8) is 0 Å². The molecule has 0 unspecified atom stereocenters. The molecule has 2 rings (SSSR count). The molecule has 4 N–H and O–H groups in total. The van der Waals surface area contributed by atoms with Gasteiger partial charge in [0.05, 0.1) is 17.1 Å². The second-order valence-corrected chi connectivity index (χ2v) is 6.25. The molecule has 1 aromatic carbocycles. The Morgan fingerprint density at radius 2 is 2.21 bits per heavy atom. The molecule has 0 saturated heterocycles. The highest BCUT2D eigenvalue weighted by Gasteiger charge is 2.19. The van der Waals surface area contributed by atoms with Gasteiger partial charge >= 0.3 is 0 Å². The summed E-state index contributed by atoms with van der Waals surface area (Å²) in [6.07, 6.45) is 3.09. The number of imidazole rings is 1. The maximum absolute atomic E-state index is 13.2. The summed E-state index contributed by atoms with van der Waals surface area (Å²) in [7, 11) is -3.81. The number of nitrogens with two attached hydrogens (primary N) is 1. The van der Waals surface area contributed by atoms with Crippen molar-refractivity contribution in [1.29, 1.82) is 0 Å². The Morgan fingerprint density at radius 1 is 1.47 bits per heavy atom. The molecule has 0 amide bonds. The largest absolute Gasteiger partial charge is 0.396 e. The Balaban J connectivity index is 2.27. The highest BCUT2D eigenvalue weighted by Crippen LogP contribution is 2.26. The first-order valence-electron chi connectivity index (χ1n) is 5.12. The zero-order valence-electron chi connectivity index (χ0n) is 9.52. The maximum atomic E-state index is 13.2. The van der Waals surface area contributed by atoms with Crippen LogP contribution in [0.1, 0.15) is 5.82 Å². The van der Waals surface area contributed by atoms with E-state index in [1.807, 2.05) is 0 Å². The molecule has 6 nitrogen and oxygen atoms in total. The molecule has 9 heteroatoms. The highest BCUT2D eigenvalue weighted by atomic mass is 79.9. The topological polar surface area (TPSA) is 101 Å². The average molecular weight is 349 g/mol. The van der Waals surface area contributed by atoms with E-state index in [9.17, 15) is 12.8 Å². The fraction of sp³-hybridized carbons (Fsp3) is 0.100. The number of aromatic amines is 1. The summed E-state index contributed by atoms with van der Waals surface area (Å²) >= 11 is 3.00. The first-order chi connectivity index (χ1) is 8.90. The van der Waals surface area contributed by atoms with E-state index in [1.54, 1.807) is 6.20 Å². The number of sulfonamides is 1. The number of nitrogens with one attached hydrogen (secondary N) is 2. The molecule has 1 aromatic heterocycles. The van der Waals surface area contributed by atoms with Crippen molar-refractivity contribution in [3.8, 4) is 0 Å². The van der Waals surface area contributed by atoms with Crippen molar-refractivity contribution in [2.45, 2.75) is 11.4 Å². The maximum Gasteiger partial charge on any atom is 0.242 e. The molecule has 0 radical (unpaired) electrons. The number of anilines is 1. The molecule has 1 heterocycles. The van der Waals surface area contributed by atoms with Gasteiger partial charge in [-0.3, -0.25) is 0 Å². The van der Waals surface area contributed by atoms with Crippen LogP contribution in [0.2, 0.25) is 0 Å². The van der Waals surface area contributed by atoms with Crippen LogP contribution in [0.5, 0.6) is 0 Å². The molecule has 0 aliphatic heterocycles. The molecule has 0 spiro atoms. The van der Waals surface area contributed by atoms with E-state index >= 15 is 0 Å². The van der Waals surface area contributed by atoms with Crippen LogP contribution in [-0.2, 0) is 16.6 Å². The average Bonchev–Trinajstić information content (AvgIpc) is 2.84. The number of aromatic nitrogens is 2. The lowest BCUT2D eigenvalue weighted by atomic mass is 10.3. The smallest absolute Gasteiger partial charge is 0.242 e. The van der Waals surface area contributed by atoms with Gasteiger partial charge in [-0.15, -0.1) is 0 Å². The first-order valence-corrected chi connectivity index (χ1v) is 7.40. The standard InChI is InChI=1S/C10H10BrFN4O2S/c11-6-3-7(12)8(13)4-9(6)19(17,18)16-5-10-14-1-2-15-10/h1-4,16H,5,13H2,(H,14,15). The van der Waals surface area contributed by atoms with Gasteiger partial charge in [-0.1, -0.05) is 0 Å². The van der Waals surface area contributed by atoms with E-state index in [1.165, 1.54) is 6.20 Å². The number of nitrogens with zero attached hydrogens (tertiary/aromatic N) is 1. The van der Waals surface area contributed by atoms with Crippen molar-refractivity contribution in [3.05, 3.63) is 40.6 Å². The highest BCUT2D eigenvalue weighted by molar-refractivity contribution is 9.10. The predicted octanol–water partition coefficient (Wildman–Crippen LogP) is 1.37. The summed E-state index contributed by atoms with van der Waals surface area (Å²) in [5.41, 5.74) is 5.14. The van der Waals surface area contributed by atoms with E-state index in [0.717, 1.165) is 12.1 Å². The molecular formula is C10H10BrFN4O2S. The van der Waals surface area contributed by atoms with Gasteiger partial charge < -0.3 is 10.7 Å². The summed E-state index contributed by atoms with van der Waals surface area (Å²) in [4.78, 5) is 6.52. The molecule has 0 saturated carbocycles. The van der Waals surface area contributed by atoms with Crippen molar-refractivity contribution >= 4 is 31.6 Å². The van der Waals surface area contributed by atoms with Gasteiger partial charge in [0.25, 0.3) is 0 Å². The second kappa shape index (κ2) is 5.27. The van der Waals surface area contributed by atoms with Crippen LogP contribution in [0.4, 0.5) is 10.1 Å². The molecule has 2 aromatic rings. The van der Waals surface area contributed by atoms with Gasteiger partial charge in [-0.25, -0.2) is 22.5 Å². The number of H-pyrrole nitrogens is 1. The minimum atomic E-state index is -3.81. The van der Waals surface area contributed by atoms with Gasteiger partial charge in [0.1, 0.15) is 11.6 Å². The van der Waals surface area contributed by atoms with Crippen LogP contribution in [-0.4, -0.2) is 18.4 Å². The van der Waals surface area contributed by atoms with E-state index in [4.69, 9.17) is 5.73 Å². The lowest BCUT2D eigenvalue weighted by molar-refractivity contribution is 0.578. The number of nitrogen functional groups attached to an aromatic ring is 1. The van der Waals surface area contributed by atoms with Gasteiger partial charge in [0, 0.05) is 16.9 Å². The van der Waals surface area contributed by atoms with Gasteiger partial charge in [0.15, 0.2) is 0 Å². The fourth-order valence-electron chi connectivity index (χ4n) is 1.39. The Kier molecular flexibility index (Phi) is 3.88. The van der Waals surface area contributed by atoms with E-state index < -0.39 is 15.8 Å². The van der Waals surface area contributed by atoms with Crippen LogP contribution >= 0.6 is 15.9 Å². The van der Waals surface area contributed by atoms with Crippen LogP contribution in [0.25, 0.3) is 0 Å². The van der Waals surface area contributed by atoms with E-state index in [0.29, 0.717) is 5.82 Å².